The van der Waals surface area contributed by atoms with Crippen LogP contribution in [0, 0.1) is 13.8 Å². The third-order valence-corrected chi connectivity index (χ3v) is 6.95. The second kappa shape index (κ2) is 9.08. The number of hydrogen-bond acceptors (Lipinski definition) is 4. The van der Waals surface area contributed by atoms with Crippen molar-refractivity contribution in [2.75, 3.05) is 41.6 Å². The summed E-state index contributed by atoms with van der Waals surface area (Å²) in [7, 11) is -3.62. The number of para-hydroxylation sites is 1. The first kappa shape index (κ1) is 22.2. The largest absolute Gasteiger partial charge is 0.368 e. The molecule has 0 spiro atoms. The van der Waals surface area contributed by atoms with Gasteiger partial charge in [0, 0.05) is 31.9 Å². The van der Waals surface area contributed by atoms with Crippen molar-refractivity contribution in [3.05, 3.63) is 59.7 Å². The van der Waals surface area contributed by atoms with E-state index in [0.29, 0.717) is 25.2 Å². The molecule has 6 nitrogen and oxygen atoms in total. The van der Waals surface area contributed by atoms with E-state index >= 15 is 0 Å². The van der Waals surface area contributed by atoms with E-state index < -0.39 is 16.1 Å². The second-order valence-corrected chi connectivity index (χ2v) is 9.76. The third-order valence-electron chi connectivity index (χ3n) is 5.77. The molecular formula is C23H31N3O3S. The van der Waals surface area contributed by atoms with Crippen LogP contribution in [0.4, 0.5) is 11.4 Å². The summed E-state index contributed by atoms with van der Waals surface area (Å²) in [6, 6.07) is 14.9. The minimum atomic E-state index is -3.62. The fraction of sp³-hybridized carbons (Fsp3) is 0.435. The average molecular weight is 430 g/mol. The molecule has 2 aromatic carbocycles. The van der Waals surface area contributed by atoms with Crippen LogP contribution in [0.25, 0.3) is 0 Å². The number of piperazine rings is 1. The maximum Gasteiger partial charge on any atom is 0.246 e. The zero-order valence-electron chi connectivity index (χ0n) is 18.2. The number of hydrogen-bond donors (Lipinski definition) is 0. The molecule has 0 bridgehead atoms. The quantitative estimate of drug-likeness (QED) is 0.708. The molecule has 0 unspecified atom stereocenters. The van der Waals surface area contributed by atoms with Gasteiger partial charge in [0.1, 0.15) is 6.04 Å². The molecule has 162 valence electrons. The standard InChI is InChI=1S/C23H31N3O3S/c1-5-22(26(30(4,28)29)21-12-11-18(2)19(3)17-21)23(27)25-15-13-24(14-16-25)20-9-7-6-8-10-20/h6-12,17,22H,5,13-16H2,1-4H3/t22-/m1/s1. The van der Waals surface area contributed by atoms with Gasteiger partial charge in [-0.15, -0.1) is 0 Å². The van der Waals surface area contributed by atoms with Gasteiger partial charge in [0.25, 0.3) is 0 Å². The summed E-state index contributed by atoms with van der Waals surface area (Å²) < 4.78 is 26.7. The van der Waals surface area contributed by atoms with Gasteiger partial charge >= 0.3 is 0 Å². The van der Waals surface area contributed by atoms with E-state index in [9.17, 15) is 13.2 Å². The number of benzene rings is 2. The van der Waals surface area contributed by atoms with Crippen molar-refractivity contribution in [3.8, 4) is 0 Å². The van der Waals surface area contributed by atoms with Crippen LogP contribution in [0.15, 0.2) is 48.5 Å². The summed E-state index contributed by atoms with van der Waals surface area (Å²) in [6.07, 6.45) is 1.59. The number of amides is 1. The van der Waals surface area contributed by atoms with Gasteiger partial charge in [-0.1, -0.05) is 31.2 Å². The number of anilines is 2. The summed E-state index contributed by atoms with van der Waals surface area (Å²) in [5, 5.41) is 0. The lowest BCUT2D eigenvalue weighted by atomic mass is 10.1. The molecule has 0 aromatic heterocycles. The molecule has 0 N–H and O–H groups in total. The molecular weight excluding hydrogens is 398 g/mol. The fourth-order valence-electron chi connectivity index (χ4n) is 3.94. The number of aryl methyl sites for hydroxylation is 2. The van der Waals surface area contributed by atoms with Gasteiger partial charge in [0.2, 0.25) is 15.9 Å². The summed E-state index contributed by atoms with van der Waals surface area (Å²) >= 11 is 0. The molecule has 1 saturated heterocycles. The summed E-state index contributed by atoms with van der Waals surface area (Å²) in [5.74, 6) is -0.131. The van der Waals surface area contributed by atoms with E-state index in [1.807, 2.05) is 51.1 Å². The van der Waals surface area contributed by atoms with Gasteiger partial charge in [0.15, 0.2) is 0 Å². The van der Waals surface area contributed by atoms with E-state index in [0.717, 1.165) is 29.9 Å². The highest BCUT2D eigenvalue weighted by molar-refractivity contribution is 7.92. The van der Waals surface area contributed by atoms with Crippen molar-refractivity contribution >= 4 is 27.3 Å². The molecule has 0 aliphatic carbocycles. The van der Waals surface area contributed by atoms with Crippen molar-refractivity contribution in [2.24, 2.45) is 0 Å². The van der Waals surface area contributed by atoms with Crippen LogP contribution in [0.3, 0.4) is 0 Å². The van der Waals surface area contributed by atoms with Crippen LogP contribution >= 0.6 is 0 Å². The Morgan fingerprint density at radius 1 is 1.00 bits per heavy atom. The number of carbonyl (C=O) groups is 1. The first-order chi connectivity index (χ1) is 14.2. The van der Waals surface area contributed by atoms with Crippen LogP contribution < -0.4 is 9.21 Å². The Hall–Kier alpha value is -2.54. The van der Waals surface area contributed by atoms with Gasteiger partial charge < -0.3 is 9.80 Å². The zero-order chi connectivity index (χ0) is 21.9. The van der Waals surface area contributed by atoms with E-state index in [4.69, 9.17) is 0 Å². The molecule has 1 amide bonds. The maximum absolute atomic E-state index is 13.4. The number of nitrogens with zero attached hydrogens (tertiary/aromatic N) is 3. The van der Waals surface area contributed by atoms with Crippen LogP contribution in [0.5, 0.6) is 0 Å². The van der Waals surface area contributed by atoms with Crippen LogP contribution in [-0.4, -0.2) is 57.7 Å². The lowest BCUT2D eigenvalue weighted by Crippen LogP contribution is -2.56. The lowest BCUT2D eigenvalue weighted by Gasteiger charge is -2.39. The van der Waals surface area contributed by atoms with Crippen LogP contribution in [0.1, 0.15) is 24.5 Å². The van der Waals surface area contributed by atoms with Gasteiger partial charge in [-0.3, -0.25) is 9.10 Å². The lowest BCUT2D eigenvalue weighted by molar-refractivity contribution is -0.132. The van der Waals surface area contributed by atoms with Crippen molar-refractivity contribution in [1.82, 2.24) is 4.90 Å². The Balaban J connectivity index is 1.80. The van der Waals surface area contributed by atoms with Crippen molar-refractivity contribution < 1.29 is 13.2 Å². The highest BCUT2D eigenvalue weighted by atomic mass is 32.2. The SMILES string of the molecule is CC[C@H](C(=O)N1CCN(c2ccccc2)CC1)N(c1ccc(C)c(C)c1)S(C)(=O)=O. The summed E-state index contributed by atoms with van der Waals surface area (Å²) in [6.45, 7) is 8.42. The molecule has 1 atom stereocenters. The fourth-order valence-corrected chi connectivity index (χ4v) is 5.14. The molecule has 1 aliphatic heterocycles. The summed E-state index contributed by atoms with van der Waals surface area (Å²) in [5.41, 5.74) is 3.77. The second-order valence-electron chi connectivity index (χ2n) is 7.90. The smallest absolute Gasteiger partial charge is 0.246 e. The molecule has 30 heavy (non-hydrogen) atoms. The number of carbonyl (C=O) groups excluding carboxylic acids is 1. The highest BCUT2D eigenvalue weighted by Gasteiger charge is 2.35. The Morgan fingerprint density at radius 2 is 1.63 bits per heavy atom. The molecule has 1 fully saturated rings. The molecule has 0 radical (unpaired) electrons. The number of sulfonamides is 1. The molecule has 2 aromatic rings. The Bertz CT molecular complexity index is 984. The Morgan fingerprint density at radius 3 is 2.17 bits per heavy atom. The van der Waals surface area contributed by atoms with E-state index in [2.05, 4.69) is 17.0 Å². The number of rotatable bonds is 6. The van der Waals surface area contributed by atoms with Crippen molar-refractivity contribution in [2.45, 2.75) is 33.2 Å². The van der Waals surface area contributed by atoms with Crippen LogP contribution in [-0.2, 0) is 14.8 Å². The molecule has 3 rings (SSSR count). The Labute approximate surface area is 180 Å². The predicted molar refractivity (Wildman–Crippen MR) is 123 cm³/mol. The van der Waals surface area contributed by atoms with Gasteiger partial charge in [-0.2, -0.15) is 0 Å². The van der Waals surface area contributed by atoms with E-state index in [1.165, 1.54) is 10.6 Å². The topological polar surface area (TPSA) is 60.9 Å². The van der Waals surface area contributed by atoms with E-state index in [-0.39, 0.29) is 5.91 Å². The van der Waals surface area contributed by atoms with Gasteiger partial charge in [-0.05, 0) is 55.7 Å². The molecule has 1 aliphatic rings. The van der Waals surface area contributed by atoms with Crippen molar-refractivity contribution in [1.29, 1.82) is 0 Å². The molecule has 7 heteroatoms. The Kier molecular flexibility index (Phi) is 6.71. The average Bonchev–Trinajstić information content (AvgIpc) is 2.73. The minimum Gasteiger partial charge on any atom is -0.368 e. The summed E-state index contributed by atoms with van der Waals surface area (Å²) in [4.78, 5) is 17.4. The maximum atomic E-state index is 13.4. The minimum absolute atomic E-state index is 0.131. The third kappa shape index (κ3) is 4.78. The first-order valence-corrected chi connectivity index (χ1v) is 12.2. The highest BCUT2D eigenvalue weighted by Crippen LogP contribution is 2.26. The molecule has 1 heterocycles. The zero-order valence-corrected chi connectivity index (χ0v) is 19.0. The monoisotopic (exact) mass is 429 g/mol. The van der Waals surface area contributed by atoms with Crippen molar-refractivity contribution in [3.63, 3.8) is 0 Å². The normalized spacial score (nSPS) is 15.7. The van der Waals surface area contributed by atoms with Gasteiger partial charge in [-0.25, -0.2) is 8.42 Å². The van der Waals surface area contributed by atoms with Gasteiger partial charge in [0.05, 0.1) is 11.9 Å². The van der Waals surface area contributed by atoms with E-state index in [1.54, 1.807) is 11.0 Å². The van der Waals surface area contributed by atoms with Crippen LogP contribution in [0.2, 0.25) is 0 Å². The first-order valence-electron chi connectivity index (χ1n) is 10.4. The molecule has 0 saturated carbocycles. The predicted octanol–water partition coefficient (Wildman–Crippen LogP) is 3.20.